The summed E-state index contributed by atoms with van der Waals surface area (Å²) >= 11 is 3.40. The number of hydrogen-bond acceptors (Lipinski definition) is 3. The van der Waals surface area contributed by atoms with E-state index in [2.05, 4.69) is 31.0 Å². The van der Waals surface area contributed by atoms with Crippen molar-refractivity contribution in [3.63, 3.8) is 0 Å². The highest BCUT2D eigenvalue weighted by atomic mass is 79.9. The average Bonchev–Trinajstić information content (AvgIpc) is 3.09. The molecule has 0 saturated carbocycles. The summed E-state index contributed by atoms with van der Waals surface area (Å²) in [5.41, 5.74) is 3.63. The van der Waals surface area contributed by atoms with Gasteiger partial charge >= 0.3 is 0 Å². The largest absolute Gasteiger partial charge is 0.258 e. The van der Waals surface area contributed by atoms with Gasteiger partial charge in [0.05, 0.1) is 23.6 Å². The standard InChI is InChI=1S/C20H14BrFN4/c21-15-8-9-18(24-12-15)20-11-19(17-7-3-4-10-23-17)25-26(20)13-14-5-1-2-6-16(14)22/h1-12H,13H2. The highest BCUT2D eigenvalue weighted by molar-refractivity contribution is 9.10. The molecule has 0 bridgehead atoms. The molecule has 4 nitrogen and oxygen atoms in total. The molecule has 0 aliphatic rings. The molecule has 0 atom stereocenters. The van der Waals surface area contributed by atoms with Gasteiger partial charge in [0, 0.05) is 22.4 Å². The van der Waals surface area contributed by atoms with Crippen molar-refractivity contribution in [2.45, 2.75) is 6.54 Å². The minimum atomic E-state index is -0.253. The lowest BCUT2D eigenvalue weighted by atomic mass is 10.2. The monoisotopic (exact) mass is 408 g/mol. The van der Waals surface area contributed by atoms with E-state index in [1.165, 1.54) is 6.07 Å². The minimum Gasteiger partial charge on any atom is -0.258 e. The summed E-state index contributed by atoms with van der Waals surface area (Å²) in [4.78, 5) is 8.82. The van der Waals surface area contributed by atoms with E-state index in [1.54, 1.807) is 29.2 Å². The van der Waals surface area contributed by atoms with Crippen molar-refractivity contribution in [1.29, 1.82) is 0 Å². The highest BCUT2D eigenvalue weighted by Crippen LogP contribution is 2.26. The quantitative estimate of drug-likeness (QED) is 0.479. The Hall–Kier alpha value is -2.86. The lowest BCUT2D eigenvalue weighted by Crippen LogP contribution is -2.06. The van der Waals surface area contributed by atoms with Crippen LogP contribution in [0.15, 0.2) is 77.5 Å². The molecule has 1 aromatic carbocycles. The van der Waals surface area contributed by atoms with Crippen LogP contribution in [0.1, 0.15) is 5.56 Å². The maximum atomic E-state index is 14.1. The Morgan fingerprint density at radius 3 is 2.46 bits per heavy atom. The lowest BCUT2D eigenvalue weighted by Gasteiger charge is -2.08. The Labute approximate surface area is 158 Å². The number of pyridine rings is 2. The van der Waals surface area contributed by atoms with Gasteiger partial charge in [-0.3, -0.25) is 14.6 Å². The van der Waals surface area contributed by atoms with E-state index < -0.39 is 0 Å². The van der Waals surface area contributed by atoms with Gasteiger partial charge in [-0.25, -0.2) is 4.39 Å². The zero-order chi connectivity index (χ0) is 17.9. The molecular formula is C20H14BrFN4. The normalized spacial score (nSPS) is 10.8. The first-order chi connectivity index (χ1) is 12.7. The molecule has 0 spiro atoms. The molecule has 0 saturated heterocycles. The van der Waals surface area contributed by atoms with Crippen molar-refractivity contribution >= 4 is 15.9 Å². The molecule has 0 radical (unpaired) electrons. The highest BCUT2D eigenvalue weighted by Gasteiger charge is 2.14. The van der Waals surface area contributed by atoms with E-state index in [1.807, 2.05) is 42.5 Å². The van der Waals surface area contributed by atoms with Gasteiger partial charge in [-0.1, -0.05) is 24.3 Å². The average molecular weight is 409 g/mol. The molecule has 0 amide bonds. The zero-order valence-corrected chi connectivity index (χ0v) is 15.3. The third-order valence-corrected chi connectivity index (χ3v) is 4.44. The van der Waals surface area contributed by atoms with Crippen LogP contribution in [0.4, 0.5) is 4.39 Å². The van der Waals surface area contributed by atoms with Gasteiger partial charge in [-0.15, -0.1) is 0 Å². The maximum absolute atomic E-state index is 14.1. The molecule has 0 aliphatic carbocycles. The van der Waals surface area contributed by atoms with Crippen molar-refractivity contribution in [3.8, 4) is 22.8 Å². The summed E-state index contributed by atoms with van der Waals surface area (Å²) < 4.78 is 16.8. The minimum absolute atomic E-state index is 0.253. The van der Waals surface area contributed by atoms with Gasteiger partial charge in [-0.05, 0) is 52.3 Å². The number of aromatic nitrogens is 4. The van der Waals surface area contributed by atoms with Crippen LogP contribution in [0.3, 0.4) is 0 Å². The Morgan fingerprint density at radius 1 is 0.885 bits per heavy atom. The Balaban J connectivity index is 1.81. The molecule has 4 rings (SSSR count). The van der Waals surface area contributed by atoms with E-state index in [0.717, 1.165) is 27.2 Å². The zero-order valence-electron chi connectivity index (χ0n) is 13.7. The summed E-state index contributed by atoms with van der Waals surface area (Å²) in [7, 11) is 0. The van der Waals surface area contributed by atoms with Crippen LogP contribution in [0.2, 0.25) is 0 Å². The molecule has 0 aliphatic heterocycles. The van der Waals surface area contributed by atoms with Crippen LogP contribution < -0.4 is 0 Å². The van der Waals surface area contributed by atoms with Crippen molar-refractivity contribution in [2.75, 3.05) is 0 Å². The molecule has 3 aromatic heterocycles. The fraction of sp³-hybridized carbons (Fsp3) is 0.0500. The second-order valence-corrected chi connectivity index (χ2v) is 6.66. The second kappa shape index (κ2) is 7.17. The summed E-state index contributed by atoms with van der Waals surface area (Å²) in [5.74, 6) is -0.253. The molecule has 0 N–H and O–H groups in total. The predicted octanol–water partition coefficient (Wildman–Crippen LogP) is 4.96. The Kier molecular flexibility index (Phi) is 4.58. The molecule has 128 valence electrons. The van der Waals surface area contributed by atoms with Crippen LogP contribution in [0, 0.1) is 5.82 Å². The summed E-state index contributed by atoms with van der Waals surface area (Å²) in [6, 6.07) is 18.1. The summed E-state index contributed by atoms with van der Waals surface area (Å²) in [6.07, 6.45) is 3.46. The van der Waals surface area contributed by atoms with Crippen LogP contribution in [-0.4, -0.2) is 19.7 Å². The molecule has 4 aromatic rings. The molecule has 26 heavy (non-hydrogen) atoms. The molecule has 6 heteroatoms. The Morgan fingerprint density at radius 2 is 1.73 bits per heavy atom. The van der Waals surface area contributed by atoms with E-state index in [9.17, 15) is 4.39 Å². The van der Waals surface area contributed by atoms with E-state index in [-0.39, 0.29) is 5.82 Å². The van der Waals surface area contributed by atoms with Crippen LogP contribution >= 0.6 is 15.9 Å². The molecular weight excluding hydrogens is 395 g/mol. The van der Waals surface area contributed by atoms with Crippen LogP contribution in [0.25, 0.3) is 22.8 Å². The van der Waals surface area contributed by atoms with Crippen molar-refractivity contribution in [1.82, 2.24) is 19.7 Å². The first kappa shape index (κ1) is 16.6. The van der Waals surface area contributed by atoms with Crippen LogP contribution in [0.5, 0.6) is 0 Å². The lowest BCUT2D eigenvalue weighted by molar-refractivity contribution is 0.587. The fourth-order valence-corrected chi connectivity index (χ4v) is 2.93. The van der Waals surface area contributed by atoms with Crippen molar-refractivity contribution in [2.24, 2.45) is 0 Å². The number of halogens is 2. The van der Waals surface area contributed by atoms with Crippen molar-refractivity contribution < 1.29 is 4.39 Å². The third kappa shape index (κ3) is 3.41. The smallest absolute Gasteiger partial charge is 0.128 e. The topological polar surface area (TPSA) is 43.6 Å². The van der Waals surface area contributed by atoms with Gasteiger partial charge in [0.1, 0.15) is 11.5 Å². The predicted molar refractivity (Wildman–Crippen MR) is 102 cm³/mol. The summed E-state index contributed by atoms with van der Waals surface area (Å²) in [6.45, 7) is 0.312. The van der Waals surface area contributed by atoms with E-state index in [0.29, 0.717) is 12.1 Å². The van der Waals surface area contributed by atoms with Crippen LogP contribution in [-0.2, 0) is 6.54 Å². The number of hydrogen-bond donors (Lipinski definition) is 0. The first-order valence-electron chi connectivity index (χ1n) is 8.05. The van der Waals surface area contributed by atoms with Gasteiger partial charge in [-0.2, -0.15) is 5.10 Å². The Bertz CT molecular complexity index is 1030. The maximum Gasteiger partial charge on any atom is 0.128 e. The van der Waals surface area contributed by atoms with E-state index in [4.69, 9.17) is 0 Å². The van der Waals surface area contributed by atoms with Gasteiger partial charge in [0.2, 0.25) is 0 Å². The van der Waals surface area contributed by atoms with E-state index >= 15 is 0 Å². The fourth-order valence-electron chi connectivity index (χ4n) is 2.70. The third-order valence-electron chi connectivity index (χ3n) is 3.98. The van der Waals surface area contributed by atoms with Gasteiger partial charge in [0.15, 0.2) is 0 Å². The second-order valence-electron chi connectivity index (χ2n) is 5.74. The number of nitrogens with zero attached hydrogens (tertiary/aromatic N) is 4. The molecule has 0 unspecified atom stereocenters. The number of rotatable bonds is 4. The molecule has 0 fully saturated rings. The molecule has 3 heterocycles. The first-order valence-corrected chi connectivity index (χ1v) is 8.84. The number of benzene rings is 1. The van der Waals surface area contributed by atoms with Crippen molar-refractivity contribution in [3.05, 3.63) is 88.9 Å². The van der Waals surface area contributed by atoms with Gasteiger partial charge < -0.3 is 0 Å². The summed E-state index contributed by atoms with van der Waals surface area (Å²) in [5, 5.41) is 4.65. The SMILES string of the molecule is Fc1ccccc1Cn1nc(-c2ccccn2)cc1-c1ccc(Br)cn1. The van der Waals surface area contributed by atoms with Gasteiger partial charge in [0.25, 0.3) is 0 Å².